The van der Waals surface area contributed by atoms with Gasteiger partial charge in [-0.05, 0) is 59.1 Å². The summed E-state index contributed by atoms with van der Waals surface area (Å²) < 4.78 is 13.7. The molecule has 0 amide bonds. The van der Waals surface area contributed by atoms with E-state index in [0.717, 1.165) is 5.69 Å². The Morgan fingerprint density at radius 3 is 2.50 bits per heavy atom. The molecule has 0 aliphatic carbocycles. The van der Waals surface area contributed by atoms with Crippen molar-refractivity contribution in [1.82, 2.24) is 0 Å². The Balaban J connectivity index is 2.34. The first-order chi connectivity index (χ1) is 8.47. The zero-order valence-corrected chi connectivity index (χ0v) is 11.8. The summed E-state index contributed by atoms with van der Waals surface area (Å²) in [6.45, 7) is 4.10. The topological polar surface area (TPSA) is 38.0 Å². The third-order valence-corrected chi connectivity index (χ3v) is 3.49. The fourth-order valence-electron chi connectivity index (χ4n) is 1.65. The van der Waals surface area contributed by atoms with Crippen LogP contribution in [0.3, 0.4) is 0 Å². The summed E-state index contributed by atoms with van der Waals surface area (Å²) in [5.74, 6) is -0.363. The molecule has 0 aliphatic rings. The highest BCUT2D eigenvalue weighted by atomic mass is 79.9. The van der Waals surface area contributed by atoms with E-state index in [0.29, 0.717) is 15.8 Å². The van der Waals surface area contributed by atoms with E-state index >= 15 is 0 Å². The molecule has 2 aromatic rings. The quantitative estimate of drug-likeness (QED) is 0.800. The lowest BCUT2D eigenvalue weighted by Crippen LogP contribution is -1.98. The summed E-state index contributed by atoms with van der Waals surface area (Å²) in [6, 6.07) is 8.98. The van der Waals surface area contributed by atoms with Crippen molar-refractivity contribution in [3.8, 4) is 0 Å². The molecule has 3 N–H and O–H groups in total. The van der Waals surface area contributed by atoms with E-state index in [9.17, 15) is 4.39 Å². The molecule has 0 aliphatic heterocycles. The van der Waals surface area contributed by atoms with Crippen LogP contribution in [-0.4, -0.2) is 0 Å². The minimum absolute atomic E-state index is 0.363. The van der Waals surface area contributed by atoms with Gasteiger partial charge in [0.05, 0.1) is 15.8 Å². The molecule has 18 heavy (non-hydrogen) atoms. The van der Waals surface area contributed by atoms with E-state index in [1.54, 1.807) is 6.07 Å². The number of nitrogens with two attached hydrogens (primary N) is 1. The van der Waals surface area contributed by atoms with Crippen molar-refractivity contribution in [2.75, 3.05) is 11.1 Å². The smallest absolute Gasteiger partial charge is 0.139 e. The average Bonchev–Trinajstić information content (AvgIpc) is 2.31. The van der Waals surface area contributed by atoms with E-state index in [-0.39, 0.29) is 5.82 Å². The fourth-order valence-corrected chi connectivity index (χ4v) is 1.99. The Bertz CT molecular complexity index is 597. The van der Waals surface area contributed by atoms with E-state index < -0.39 is 0 Å². The van der Waals surface area contributed by atoms with Crippen molar-refractivity contribution in [3.63, 3.8) is 0 Å². The molecule has 0 atom stereocenters. The second-order valence-electron chi connectivity index (χ2n) is 4.28. The van der Waals surface area contributed by atoms with Crippen LogP contribution in [0, 0.1) is 19.7 Å². The number of aryl methyl sites for hydroxylation is 2. The zero-order chi connectivity index (χ0) is 13.3. The minimum atomic E-state index is -0.363. The van der Waals surface area contributed by atoms with E-state index in [4.69, 9.17) is 5.73 Å². The first-order valence-electron chi connectivity index (χ1n) is 5.56. The maximum atomic E-state index is 13.3. The predicted octanol–water partition coefficient (Wildman–Crippen LogP) is 4.53. The van der Waals surface area contributed by atoms with Crippen LogP contribution in [0.1, 0.15) is 11.1 Å². The first kappa shape index (κ1) is 12.9. The van der Waals surface area contributed by atoms with Crippen LogP contribution in [-0.2, 0) is 0 Å². The van der Waals surface area contributed by atoms with Gasteiger partial charge in [-0.3, -0.25) is 0 Å². The molecular formula is C14H14BrFN2. The van der Waals surface area contributed by atoms with Crippen molar-refractivity contribution in [1.29, 1.82) is 0 Å². The number of nitrogen functional groups attached to an aromatic ring is 1. The van der Waals surface area contributed by atoms with Gasteiger partial charge in [-0.25, -0.2) is 4.39 Å². The molecule has 2 aromatic carbocycles. The zero-order valence-electron chi connectivity index (χ0n) is 10.2. The highest BCUT2D eigenvalue weighted by Gasteiger charge is 2.06. The second kappa shape index (κ2) is 4.98. The maximum Gasteiger partial charge on any atom is 0.139 e. The predicted molar refractivity (Wildman–Crippen MR) is 77.7 cm³/mol. The molecule has 0 heterocycles. The van der Waals surface area contributed by atoms with Gasteiger partial charge in [0.15, 0.2) is 0 Å². The third kappa shape index (κ3) is 2.64. The van der Waals surface area contributed by atoms with Gasteiger partial charge in [0, 0.05) is 11.8 Å². The molecule has 0 saturated carbocycles. The molecule has 94 valence electrons. The summed E-state index contributed by atoms with van der Waals surface area (Å²) in [4.78, 5) is 0. The van der Waals surface area contributed by atoms with Crippen LogP contribution in [0.25, 0.3) is 0 Å². The van der Waals surface area contributed by atoms with Crippen LogP contribution >= 0.6 is 15.9 Å². The molecule has 0 bridgehead atoms. The van der Waals surface area contributed by atoms with Crippen LogP contribution in [0.2, 0.25) is 0 Å². The summed E-state index contributed by atoms with van der Waals surface area (Å²) >= 11 is 3.15. The van der Waals surface area contributed by atoms with Crippen LogP contribution in [0.15, 0.2) is 34.8 Å². The summed E-state index contributed by atoms with van der Waals surface area (Å²) in [5, 5.41) is 3.19. The standard InChI is InChI=1S/C14H14BrFN2/c1-8-3-4-10(5-9(8)2)18-14-6-11(15)12(16)7-13(14)17/h3-7,18H,17H2,1-2H3. The fraction of sp³-hybridized carbons (Fsp3) is 0.143. The molecule has 4 heteroatoms. The van der Waals surface area contributed by atoms with Crippen molar-refractivity contribution < 1.29 is 4.39 Å². The Kier molecular flexibility index (Phi) is 3.57. The molecule has 0 aromatic heterocycles. The third-order valence-electron chi connectivity index (χ3n) is 2.88. The number of hydrogen-bond donors (Lipinski definition) is 2. The van der Waals surface area contributed by atoms with Crippen molar-refractivity contribution in [2.45, 2.75) is 13.8 Å². The van der Waals surface area contributed by atoms with Gasteiger partial charge in [-0.2, -0.15) is 0 Å². The number of benzene rings is 2. The lowest BCUT2D eigenvalue weighted by molar-refractivity contribution is 0.622. The molecule has 2 rings (SSSR count). The molecule has 0 saturated heterocycles. The highest BCUT2D eigenvalue weighted by Crippen LogP contribution is 2.29. The van der Waals surface area contributed by atoms with Crippen molar-refractivity contribution >= 4 is 33.0 Å². The van der Waals surface area contributed by atoms with Gasteiger partial charge < -0.3 is 11.1 Å². The van der Waals surface area contributed by atoms with E-state index in [1.807, 2.05) is 25.1 Å². The summed E-state index contributed by atoms with van der Waals surface area (Å²) in [6.07, 6.45) is 0. The Morgan fingerprint density at radius 1 is 1.11 bits per heavy atom. The van der Waals surface area contributed by atoms with Crippen LogP contribution in [0.5, 0.6) is 0 Å². The molecule has 0 fully saturated rings. The highest BCUT2D eigenvalue weighted by molar-refractivity contribution is 9.10. The monoisotopic (exact) mass is 308 g/mol. The maximum absolute atomic E-state index is 13.3. The van der Waals surface area contributed by atoms with Gasteiger partial charge in [0.1, 0.15) is 5.82 Å². The first-order valence-corrected chi connectivity index (χ1v) is 6.35. The Hall–Kier alpha value is -1.55. The molecule has 2 nitrogen and oxygen atoms in total. The van der Waals surface area contributed by atoms with Crippen LogP contribution < -0.4 is 11.1 Å². The Morgan fingerprint density at radius 2 is 1.83 bits per heavy atom. The molecule has 0 radical (unpaired) electrons. The van der Waals surface area contributed by atoms with Crippen LogP contribution in [0.4, 0.5) is 21.5 Å². The largest absolute Gasteiger partial charge is 0.397 e. The van der Waals surface area contributed by atoms with E-state index in [2.05, 4.69) is 28.2 Å². The van der Waals surface area contributed by atoms with Crippen molar-refractivity contribution in [3.05, 3.63) is 51.7 Å². The lowest BCUT2D eigenvalue weighted by Gasteiger charge is -2.12. The molecule has 0 spiro atoms. The lowest BCUT2D eigenvalue weighted by atomic mass is 10.1. The number of halogens is 2. The number of rotatable bonds is 2. The van der Waals surface area contributed by atoms with Gasteiger partial charge in [0.25, 0.3) is 0 Å². The summed E-state index contributed by atoms with van der Waals surface area (Å²) in [7, 11) is 0. The number of hydrogen-bond acceptors (Lipinski definition) is 2. The second-order valence-corrected chi connectivity index (χ2v) is 5.13. The minimum Gasteiger partial charge on any atom is -0.397 e. The van der Waals surface area contributed by atoms with Crippen molar-refractivity contribution in [2.24, 2.45) is 0 Å². The number of nitrogens with one attached hydrogen (secondary N) is 1. The summed E-state index contributed by atoms with van der Waals surface area (Å²) in [5.41, 5.74) is 10.2. The number of anilines is 3. The van der Waals surface area contributed by atoms with E-state index in [1.165, 1.54) is 17.2 Å². The SMILES string of the molecule is Cc1ccc(Nc2cc(Br)c(F)cc2N)cc1C. The Labute approximate surface area is 114 Å². The van der Waals surface area contributed by atoms with Gasteiger partial charge in [-0.15, -0.1) is 0 Å². The van der Waals surface area contributed by atoms with Gasteiger partial charge in [-0.1, -0.05) is 6.07 Å². The molecular weight excluding hydrogens is 295 g/mol. The van der Waals surface area contributed by atoms with Gasteiger partial charge >= 0.3 is 0 Å². The average molecular weight is 309 g/mol. The van der Waals surface area contributed by atoms with Gasteiger partial charge in [0.2, 0.25) is 0 Å². The molecule has 0 unspecified atom stereocenters. The normalized spacial score (nSPS) is 10.4.